The quantitative estimate of drug-likeness (QED) is 0.804. The molecule has 138 valence electrons. The van der Waals surface area contributed by atoms with Gasteiger partial charge in [-0.3, -0.25) is 9.69 Å². The van der Waals surface area contributed by atoms with Gasteiger partial charge in [0.15, 0.2) is 0 Å². The molecule has 1 amide bonds. The van der Waals surface area contributed by atoms with Gasteiger partial charge in [-0.2, -0.15) is 0 Å². The van der Waals surface area contributed by atoms with Gasteiger partial charge in [-0.05, 0) is 43.7 Å². The summed E-state index contributed by atoms with van der Waals surface area (Å²) in [5.74, 6) is 1.96. The lowest BCUT2D eigenvalue weighted by Gasteiger charge is -2.42. The van der Waals surface area contributed by atoms with Crippen molar-refractivity contribution in [1.29, 1.82) is 0 Å². The van der Waals surface area contributed by atoms with Crippen LogP contribution < -0.4 is 4.74 Å². The molecule has 0 N–H and O–H groups in total. The lowest BCUT2D eigenvalue weighted by Crippen LogP contribution is -2.59. The maximum atomic E-state index is 12.8. The van der Waals surface area contributed by atoms with Crippen LogP contribution in [0.2, 0.25) is 5.02 Å². The fourth-order valence-corrected chi connectivity index (χ4v) is 3.87. The summed E-state index contributed by atoms with van der Waals surface area (Å²) in [7, 11) is 0. The van der Waals surface area contributed by atoms with Gasteiger partial charge in [0.2, 0.25) is 5.91 Å². The van der Waals surface area contributed by atoms with E-state index in [1.165, 1.54) is 0 Å². The summed E-state index contributed by atoms with van der Waals surface area (Å²) < 4.78 is 11.3. The standard InChI is InChI=1S/C20H23ClN2O3/c21-18-7-1-2-8-19(18)26-17-13-23(14-17)20(24)15-5-3-9-22(11-15)12-16-6-4-10-25-16/h1-2,4,6-8,10,15,17H,3,5,9,11-14H2/t15-/m1/s1. The van der Waals surface area contributed by atoms with Crippen LogP contribution in [0.4, 0.5) is 0 Å². The Kier molecular flexibility index (Phi) is 5.18. The normalized spacial score (nSPS) is 21.4. The number of para-hydroxylation sites is 1. The minimum absolute atomic E-state index is 0.0293. The molecule has 0 unspecified atom stereocenters. The molecule has 1 atom stereocenters. The Morgan fingerprint density at radius 2 is 2.04 bits per heavy atom. The predicted molar refractivity (Wildman–Crippen MR) is 99.2 cm³/mol. The first-order chi connectivity index (χ1) is 12.7. The van der Waals surface area contributed by atoms with Crippen molar-refractivity contribution >= 4 is 17.5 Å². The zero-order chi connectivity index (χ0) is 17.9. The summed E-state index contributed by atoms with van der Waals surface area (Å²) in [4.78, 5) is 17.0. The largest absolute Gasteiger partial charge is 0.485 e. The minimum atomic E-state index is 0.0293. The number of rotatable bonds is 5. The summed E-state index contributed by atoms with van der Waals surface area (Å²) >= 11 is 6.13. The van der Waals surface area contributed by atoms with Crippen molar-refractivity contribution in [3.05, 3.63) is 53.4 Å². The lowest BCUT2D eigenvalue weighted by atomic mass is 9.94. The van der Waals surface area contributed by atoms with Crippen LogP contribution in [0, 0.1) is 5.92 Å². The smallest absolute Gasteiger partial charge is 0.227 e. The van der Waals surface area contributed by atoms with Crippen molar-refractivity contribution in [1.82, 2.24) is 9.80 Å². The zero-order valence-corrected chi connectivity index (χ0v) is 15.4. The fourth-order valence-electron chi connectivity index (χ4n) is 3.69. The highest BCUT2D eigenvalue weighted by Gasteiger charge is 2.37. The molecule has 6 heteroatoms. The zero-order valence-electron chi connectivity index (χ0n) is 14.6. The van der Waals surface area contributed by atoms with Crippen molar-refractivity contribution in [3.63, 3.8) is 0 Å². The van der Waals surface area contributed by atoms with Gasteiger partial charge in [-0.25, -0.2) is 0 Å². The number of carbonyl (C=O) groups is 1. The van der Waals surface area contributed by atoms with E-state index in [2.05, 4.69) is 4.90 Å². The maximum absolute atomic E-state index is 12.8. The third-order valence-corrected chi connectivity index (χ3v) is 5.42. The van der Waals surface area contributed by atoms with Gasteiger partial charge in [0.05, 0.1) is 36.8 Å². The summed E-state index contributed by atoms with van der Waals surface area (Å²) in [5.41, 5.74) is 0. The molecular weight excluding hydrogens is 352 g/mol. The van der Waals surface area contributed by atoms with Crippen LogP contribution in [0.3, 0.4) is 0 Å². The SMILES string of the molecule is O=C([C@@H]1CCCN(Cc2ccco2)C1)N1CC(Oc2ccccc2Cl)C1. The van der Waals surface area contributed by atoms with Crippen LogP contribution in [-0.2, 0) is 11.3 Å². The van der Waals surface area contributed by atoms with Crippen molar-refractivity contribution in [2.45, 2.75) is 25.5 Å². The number of benzene rings is 1. The van der Waals surface area contributed by atoms with Gasteiger partial charge in [-0.1, -0.05) is 23.7 Å². The average Bonchev–Trinajstić information content (AvgIpc) is 3.12. The van der Waals surface area contributed by atoms with Gasteiger partial charge in [-0.15, -0.1) is 0 Å². The molecular formula is C20H23ClN2O3. The Balaban J connectivity index is 1.26. The highest BCUT2D eigenvalue weighted by atomic mass is 35.5. The third kappa shape index (κ3) is 3.89. The molecule has 5 nitrogen and oxygen atoms in total. The monoisotopic (exact) mass is 374 g/mol. The van der Waals surface area contributed by atoms with Gasteiger partial charge in [0.25, 0.3) is 0 Å². The molecule has 2 aliphatic heterocycles. The average molecular weight is 375 g/mol. The van der Waals surface area contributed by atoms with E-state index in [1.54, 1.807) is 6.26 Å². The van der Waals surface area contributed by atoms with Crippen LogP contribution in [0.5, 0.6) is 5.75 Å². The predicted octanol–water partition coefficient (Wildman–Crippen LogP) is 3.43. The molecule has 2 fully saturated rings. The molecule has 0 saturated carbocycles. The van der Waals surface area contributed by atoms with Crippen LogP contribution in [0.15, 0.2) is 47.1 Å². The van der Waals surface area contributed by atoms with Gasteiger partial charge >= 0.3 is 0 Å². The number of furan rings is 1. The first kappa shape index (κ1) is 17.4. The lowest BCUT2D eigenvalue weighted by molar-refractivity contribution is -0.146. The summed E-state index contributed by atoms with van der Waals surface area (Å²) in [6, 6.07) is 11.3. The topological polar surface area (TPSA) is 45.9 Å². The van der Waals surface area contributed by atoms with Crippen molar-refractivity contribution in [3.8, 4) is 5.75 Å². The number of halogens is 1. The van der Waals surface area contributed by atoms with E-state index in [1.807, 2.05) is 41.3 Å². The van der Waals surface area contributed by atoms with Crippen molar-refractivity contribution < 1.29 is 13.9 Å². The van der Waals surface area contributed by atoms with Crippen LogP contribution >= 0.6 is 11.6 Å². The Labute approximate surface area is 158 Å². The number of likely N-dealkylation sites (tertiary alicyclic amines) is 2. The van der Waals surface area contributed by atoms with Gasteiger partial charge < -0.3 is 14.1 Å². The van der Waals surface area contributed by atoms with E-state index in [0.29, 0.717) is 23.9 Å². The third-order valence-electron chi connectivity index (χ3n) is 5.10. The molecule has 3 heterocycles. The minimum Gasteiger partial charge on any atom is -0.485 e. The van der Waals surface area contributed by atoms with E-state index < -0.39 is 0 Å². The summed E-state index contributed by atoms with van der Waals surface area (Å²) in [6.45, 7) is 3.86. The molecule has 0 aliphatic carbocycles. The highest BCUT2D eigenvalue weighted by Crippen LogP contribution is 2.28. The number of ether oxygens (including phenoxy) is 1. The first-order valence-electron chi connectivity index (χ1n) is 9.14. The van der Waals surface area contributed by atoms with Crippen LogP contribution in [-0.4, -0.2) is 48.0 Å². The molecule has 1 aromatic carbocycles. The summed E-state index contributed by atoms with van der Waals surface area (Å²) in [5, 5.41) is 0.609. The Hall–Kier alpha value is -1.98. The van der Waals surface area contributed by atoms with E-state index in [-0.39, 0.29) is 17.9 Å². The molecule has 0 spiro atoms. The van der Waals surface area contributed by atoms with Crippen molar-refractivity contribution in [2.75, 3.05) is 26.2 Å². The maximum Gasteiger partial charge on any atom is 0.227 e. The highest BCUT2D eigenvalue weighted by molar-refractivity contribution is 6.32. The number of carbonyl (C=O) groups excluding carboxylic acids is 1. The van der Waals surface area contributed by atoms with Crippen molar-refractivity contribution in [2.24, 2.45) is 5.92 Å². The Morgan fingerprint density at radius 3 is 2.81 bits per heavy atom. The molecule has 1 aromatic heterocycles. The molecule has 2 aromatic rings. The number of piperidine rings is 1. The number of nitrogens with zero attached hydrogens (tertiary/aromatic N) is 2. The second-order valence-corrected chi connectivity index (χ2v) is 7.47. The molecule has 0 radical (unpaired) electrons. The number of hydrogen-bond acceptors (Lipinski definition) is 4. The molecule has 4 rings (SSSR count). The van der Waals surface area contributed by atoms with Gasteiger partial charge in [0, 0.05) is 6.54 Å². The summed E-state index contributed by atoms with van der Waals surface area (Å²) in [6.07, 6.45) is 3.73. The van der Waals surface area contributed by atoms with E-state index in [4.69, 9.17) is 20.8 Å². The van der Waals surface area contributed by atoms with E-state index >= 15 is 0 Å². The second-order valence-electron chi connectivity index (χ2n) is 7.07. The Bertz CT molecular complexity index is 743. The second kappa shape index (κ2) is 7.72. The number of hydrogen-bond donors (Lipinski definition) is 0. The van der Waals surface area contributed by atoms with E-state index in [0.717, 1.165) is 38.2 Å². The Morgan fingerprint density at radius 1 is 1.19 bits per heavy atom. The first-order valence-corrected chi connectivity index (χ1v) is 9.51. The fraction of sp³-hybridized carbons (Fsp3) is 0.450. The van der Waals surface area contributed by atoms with Gasteiger partial charge in [0.1, 0.15) is 17.6 Å². The molecule has 2 saturated heterocycles. The van der Waals surface area contributed by atoms with E-state index in [9.17, 15) is 4.79 Å². The van der Waals surface area contributed by atoms with Crippen LogP contribution in [0.25, 0.3) is 0 Å². The number of amides is 1. The molecule has 2 aliphatic rings. The molecule has 26 heavy (non-hydrogen) atoms. The molecule has 0 bridgehead atoms. The van der Waals surface area contributed by atoms with Crippen LogP contribution in [0.1, 0.15) is 18.6 Å².